The van der Waals surface area contributed by atoms with E-state index in [1.165, 1.54) is 128 Å². The summed E-state index contributed by atoms with van der Waals surface area (Å²) in [5.74, 6) is -1.63. The fraction of sp³-hybridized carbons (Fsp3) is 0.283. The number of benzene rings is 6. The van der Waals surface area contributed by atoms with Crippen LogP contribution in [0.25, 0.3) is 67.5 Å². The van der Waals surface area contributed by atoms with E-state index in [2.05, 4.69) is 292 Å². The third-order valence-electron chi connectivity index (χ3n) is 19.5. The first kappa shape index (κ1) is 64.2. The Bertz CT molecular complexity index is 4930. The maximum Gasteiger partial charge on any atom is 0.212 e. The van der Waals surface area contributed by atoms with Gasteiger partial charge in [0.25, 0.3) is 0 Å². The van der Waals surface area contributed by atoms with Crippen molar-refractivity contribution in [3.63, 3.8) is 0 Å². The number of aromatic nitrogens is 6. The van der Waals surface area contributed by atoms with E-state index in [1.807, 2.05) is 79.5 Å². The molecular formula is C92H110N6+6. The molecule has 6 nitrogen and oxygen atoms in total. The van der Waals surface area contributed by atoms with Gasteiger partial charge in [-0.05, 0) is 192 Å². The summed E-state index contributed by atoms with van der Waals surface area (Å²) in [6.07, 6.45) is 7.51. The molecule has 0 saturated carbocycles. The zero-order valence-corrected chi connectivity index (χ0v) is 62.0. The highest BCUT2D eigenvalue weighted by atomic mass is 15.0. The Kier molecular flexibility index (Phi) is 22.6. The predicted molar refractivity (Wildman–Crippen MR) is 411 cm³/mol. The van der Waals surface area contributed by atoms with Crippen LogP contribution < -0.4 is 27.4 Å². The molecule has 13 rings (SSSR count). The summed E-state index contributed by atoms with van der Waals surface area (Å²) in [4.78, 5) is 0. The molecule has 0 amide bonds. The molecule has 6 aromatic heterocycles. The van der Waals surface area contributed by atoms with Gasteiger partial charge in [-0.3, -0.25) is 0 Å². The topological polar surface area (TPSA) is 23.3 Å². The van der Waals surface area contributed by atoms with E-state index < -0.39 is 19.6 Å². The summed E-state index contributed by atoms with van der Waals surface area (Å²) in [7, 11) is 12.3. The summed E-state index contributed by atoms with van der Waals surface area (Å²) < 4.78 is 66.7. The molecule has 0 saturated heterocycles. The predicted octanol–water partition coefficient (Wildman–Crippen LogP) is 19.1. The smallest absolute Gasteiger partial charge is 0.201 e. The van der Waals surface area contributed by atoms with Gasteiger partial charge in [0.15, 0.2) is 34.7 Å². The summed E-state index contributed by atoms with van der Waals surface area (Å²) in [6.45, 7) is 22.1. The van der Waals surface area contributed by atoms with Gasteiger partial charge in [-0.1, -0.05) is 123 Å². The van der Waals surface area contributed by atoms with Crippen LogP contribution in [-0.4, -0.2) is 0 Å². The van der Waals surface area contributed by atoms with E-state index in [-0.39, 0.29) is 0 Å². The third-order valence-corrected chi connectivity index (χ3v) is 19.5. The van der Waals surface area contributed by atoms with Crippen LogP contribution in [0.15, 0.2) is 231 Å². The number of rotatable bonds is 7. The average Bonchev–Trinajstić information content (AvgIpc) is 0.752. The second kappa shape index (κ2) is 34.4. The lowest BCUT2D eigenvalue weighted by molar-refractivity contribution is -0.667. The van der Waals surface area contributed by atoms with Crippen LogP contribution in [0.5, 0.6) is 0 Å². The van der Waals surface area contributed by atoms with Gasteiger partial charge in [-0.15, -0.1) is 0 Å². The molecule has 502 valence electrons. The molecule has 0 fully saturated rings. The normalized spacial score (nSPS) is 13.2. The van der Waals surface area contributed by atoms with Crippen LogP contribution in [0.3, 0.4) is 0 Å². The molecule has 6 aromatic carbocycles. The molecule has 6 heterocycles. The van der Waals surface area contributed by atoms with E-state index in [1.54, 1.807) is 23.3 Å². The molecule has 0 N–H and O–H groups in total. The lowest BCUT2D eigenvalue weighted by Gasteiger charge is -2.15. The summed E-state index contributed by atoms with van der Waals surface area (Å²) in [5, 5.41) is 0. The van der Waals surface area contributed by atoms with Crippen molar-refractivity contribution in [2.75, 3.05) is 0 Å². The van der Waals surface area contributed by atoms with Crippen LogP contribution in [0.2, 0.25) is 0 Å². The van der Waals surface area contributed by atoms with E-state index in [0.29, 0.717) is 11.1 Å². The second-order valence-corrected chi connectivity index (χ2v) is 26.4. The quantitative estimate of drug-likeness (QED) is 0.142. The van der Waals surface area contributed by atoms with Crippen molar-refractivity contribution in [1.82, 2.24) is 0 Å². The Morgan fingerprint density at radius 3 is 1.08 bits per heavy atom. The first-order chi connectivity index (χ1) is 49.6. The summed E-state index contributed by atoms with van der Waals surface area (Å²) >= 11 is 0. The van der Waals surface area contributed by atoms with Crippen molar-refractivity contribution in [2.24, 2.45) is 42.3 Å². The lowest BCUT2D eigenvalue weighted by Crippen LogP contribution is -2.36. The van der Waals surface area contributed by atoms with Crippen molar-refractivity contribution in [2.45, 2.75) is 135 Å². The SMILES string of the molecule is Cc1cc(C)[n+](C)c(-c2ccccc2C)c1.Cc1ccccc1-c1cc2c(c[n+]1C)CCCC2.Cc1ccccc1-c1cccc(C)[n+]1C.Cc1ccccc1-c1cccc(C)[n+]1C.[2H]C([2H])([2H])C([2H])(C)c1ccc(-c2ccccc2C)[n+](C)c1C.[2H]C([2H])([2H])c1ccc(-c2ccccc2C)[n+](C)c1C. The molecule has 0 spiro atoms. The minimum Gasteiger partial charge on any atom is -0.201 e. The van der Waals surface area contributed by atoms with Crippen molar-refractivity contribution < 1.29 is 37.0 Å². The highest BCUT2D eigenvalue weighted by Crippen LogP contribution is 2.29. The Morgan fingerprint density at radius 2 is 0.673 bits per heavy atom. The lowest BCUT2D eigenvalue weighted by atomic mass is 9.91. The number of aryl methyl sites for hydroxylation is 14. The number of pyridine rings is 6. The summed E-state index contributed by atoms with van der Waals surface area (Å²) in [6, 6.07) is 77.3. The number of nitrogens with zero attached hydrogens (tertiary/aromatic N) is 6. The molecule has 0 aliphatic heterocycles. The fourth-order valence-corrected chi connectivity index (χ4v) is 12.9. The van der Waals surface area contributed by atoms with Crippen LogP contribution in [-0.2, 0) is 55.1 Å². The molecule has 1 aliphatic carbocycles. The molecule has 1 unspecified atom stereocenters. The number of fused-ring (bicyclic) bond motifs is 1. The minimum atomic E-state index is -2.37. The molecule has 6 heteroatoms. The van der Waals surface area contributed by atoms with Crippen molar-refractivity contribution in [1.29, 1.82) is 0 Å². The molecule has 98 heavy (non-hydrogen) atoms. The van der Waals surface area contributed by atoms with Crippen molar-refractivity contribution in [3.8, 4) is 67.5 Å². The van der Waals surface area contributed by atoms with E-state index >= 15 is 0 Å². The monoisotopic (exact) mass is 1310 g/mol. The van der Waals surface area contributed by atoms with Gasteiger partial charge < -0.3 is 0 Å². The van der Waals surface area contributed by atoms with Crippen molar-refractivity contribution >= 4 is 0 Å². The molecule has 0 radical (unpaired) electrons. The highest BCUT2D eigenvalue weighted by molar-refractivity contribution is 5.65. The van der Waals surface area contributed by atoms with Gasteiger partial charge in [0.2, 0.25) is 34.2 Å². The van der Waals surface area contributed by atoms with Gasteiger partial charge >= 0.3 is 0 Å². The van der Waals surface area contributed by atoms with E-state index in [0.717, 1.165) is 39.5 Å². The van der Waals surface area contributed by atoms with E-state index in [9.17, 15) is 0 Å². The Balaban J connectivity index is 0.000000160. The first-order valence-corrected chi connectivity index (χ1v) is 34.4. The van der Waals surface area contributed by atoms with Gasteiger partial charge in [-0.25, -0.2) is 4.57 Å². The van der Waals surface area contributed by atoms with E-state index in [4.69, 9.17) is 9.60 Å². The zero-order valence-electron chi connectivity index (χ0n) is 69.0. The number of hydrogen-bond acceptors (Lipinski definition) is 0. The maximum absolute atomic E-state index is 8.30. The Labute approximate surface area is 599 Å². The Hall–Kier alpha value is -9.78. The van der Waals surface area contributed by atoms with Crippen LogP contribution in [0.1, 0.15) is 132 Å². The van der Waals surface area contributed by atoms with Gasteiger partial charge in [-0.2, -0.15) is 22.8 Å². The molecule has 0 bridgehead atoms. The summed E-state index contributed by atoms with van der Waals surface area (Å²) in [5.41, 5.74) is 33.2. The van der Waals surface area contributed by atoms with Crippen molar-refractivity contribution in [3.05, 3.63) is 320 Å². The molecule has 12 aromatic rings. The first-order valence-electron chi connectivity index (χ1n) is 37.9. The highest BCUT2D eigenvalue weighted by Gasteiger charge is 2.22. The van der Waals surface area contributed by atoms with Gasteiger partial charge in [0, 0.05) is 149 Å². The molecule has 1 atom stereocenters. The van der Waals surface area contributed by atoms with Crippen LogP contribution >= 0.6 is 0 Å². The minimum absolute atomic E-state index is 0.410. The van der Waals surface area contributed by atoms with Crippen LogP contribution in [0, 0.1) is 89.9 Å². The van der Waals surface area contributed by atoms with Gasteiger partial charge in [0.1, 0.15) is 42.3 Å². The molecular weight excluding hydrogens is 1190 g/mol. The second-order valence-electron chi connectivity index (χ2n) is 26.4. The zero-order chi connectivity index (χ0) is 76.8. The number of hydrogen-bond donors (Lipinski definition) is 0. The standard InChI is InChI=1S/C17H20N.C17H22N.2C15H18N.2C14H16N/c1-13-7-3-6-10-16(13)17-11-14-8-4-5-9-15(14)12-18(17)2;1-12(2)15-10-11-17(18(5)14(15)4)16-9-7-6-8-13(16)3;1-11-9-13(3)16(4)15(10-11)14-8-6-5-7-12(14)2;1-11-9-10-15(16(4)13(11)3)14-8-6-5-7-12(14)2;2*1-11-7-4-5-9-13(11)14-10-6-8-12(2)15(14)3/h3,6-7,10-12H,4-5,8-9H2,1-2H3;6-12H,1-5H3;2*5-10H,1-4H3;2*4-10H,1-3H3/q6*+1/i;1D3,12D;;1D3;;. The van der Waals surface area contributed by atoms with Crippen LogP contribution in [0.4, 0.5) is 0 Å². The van der Waals surface area contributed by atoms with Gasteiger partial charge in [0.05, 0.1) is 0 Å². The average molecular weight is 1310 g/mol. The Morgan fingerprint density at radius 1 is 0.316 bits per heavy atom. The maximum atomic E-state index is 8.30. The largest absolute Gasteiger partial charge is 0.212 e. The third kappa shape index (κ3) is 18.3. The fourth-order valence-electron chi connectivity index (χ4n) is 12.9. The molecule has 1 aliphatic rings.